The quantitative estimate of drug-likeness (QED) is 0.219. The number of hydrogen-bond donors (Lipinski definition) is 1. The van der Waals surface area contributed by atoms with Gasteiger partial charge in [0.05, 0.1) is 34.0 Å². The Balaban J connectivity index is 1.48. The summed E-state index contributed by atoms with van der Waals surface area (Å²) in [5.74, 6) is -1.56. The van der Waals surface area contributed by atoms with E-state index in [-0.39, 0.29) is 29.9 Å². The summed E-state index contributed by atoms with van der Waals surface area (Å²) >= 11 is 1.17. The molecule has 6 rings (SSSR count). The largest absolute Gasteiger partial charge is 0.488 e. The maximum absolute atomic E-state index is 14.2. The monoisotopic (exact) mass is 634 g/mol. The molecule has 0 saturated carbocycles. The number of aromatic carboxylic acids is 1. The van der Waals surface area contributed by atoms with Gasteiger partial charge in [-0.2, -0.15) is 0 Å². The van der Waals surface area contributed by atoms with Crippen molar-refractivity contribution < 1.29 is 28.6 Å². The van der Waals surface area contributed by atoms with Crippen molar-refractivity contribution in [3.05, 3.63) is 162 Å². The van der Waals surface area contributed by atoms with Gasteiger partial charge in [0.2, 0.25) is 0 Å². The van der Waals surface area contributed by atoms with Crippen molar-refractivity contribution in [2.45, 2.75) is 19.6 Å². The highest BCUT2D eigenvalue weighted by atomic mass is 32.1. The molecule has 1 aliphatic heterocycles. The summed E-state index contributed by atoms with van der Waals surface area (Å²) < 4.78 is 27.4. The maximum Gasteiger partial charge on any atom is 0.338 e. The number of rotatable bonds is 9. The lowest BCUT2D eigenvalue weighted by molar-refractivity contribution is -0.138. The summed E-state index contributed by atoms with van der Waals surface area (Å²) in [6.07, 6.45) is 1.71. The lowest BCUT2D eigenvalue weighted by atomic mass is 9.93. The van der Waals surface area contributed by atoms with E-state index in [1.165, 1.54) is 40.2 Å². The molecule has 0 bridgehead atoms. The fourth-order valence-electron chi connectivity index (χ4n) is 5.18. The highest BCUT2D eigenvalue weighted by Crippen LogP contribution is 2.35. The molecule has 10 heteroatoms. The fourth-order valence-corrected chi connectivity index (χ4v) is 6.17. The van der Waals surface area contributed by atoms with E-state index in [0.29, 0.717) is 37.5 Å². The zero-order valence-electron chi connectivity index (χ0n) is 24.6. The molecule has 1 atom stereocenters. The van der Waals surface area contributed by atoms with Crippen LogP contribution in [0.3, 0.4) is 0 Å². The Morgan fingerprint density at radius 1 is 0.957 bits per heavy atom. The lowest BCUT2D eigenvalue weighted by Crippen LogP contribution is -2.40. The second kappa shape index (κ2) is 13.2. The molecule has 0 aliphatic carbocycles. The number of benzene rings is 4. The Morgan fingerprint density at radius 2 is 1.65 bits per heavy atom. The molecule has 1 N–H and O–H groups in total. The second-order valence-electron chi connectivity index (χ2n) is 10.3. The molecule has 0 spiro atoms. The molecule has 0 radical (unpaired) electrons. The third-order valence-corrected chi connectivity index (χ3v) is 8.34. The number of carbonyl (C=O) groups is 2. The number of ether oxygens (including phenoxy) is 2. The van der Waals surface area contributed by atoms with Crippen molar-refractivity contribution in [1.82, 2.24) is 4.57 Å². The van der Waals surface area contributed by atoms with E-state index in [9.17, 15) is 18.8 Å². The standard InChI is InChI=1S/C36H27FN2O6S/c1-2-44-35(43)30-31(23-8-4-3-5-9-23)38-36-39(32(30)24-16-18-27(37)19-17-24)33(40)29(46-36)20-26-10-6-7-11-28(26)45-21-22-12-14-25(15-13-22)34(41)42/h3-20,32H,2,21H2,1H3,(H,41,42)/b29-20-/t32-/m1/s1. The zero-order valence-corrected chi connectivity index (χ0v) is 25.4. The average molecular weight is 635 g/mol. The molecule has 0 saturated heterocycles. The van der Waals surface area contributed by atoms with Gasteiger partial charge >= 0.3 is 11.9 Å². The Bertz CT molecular complexity index is 2140. The summed E-state index contributed by atoms with van der Waals surface area (Å²) in [6.45, 7) is 2.00. The third-order valence-electron chi connectivity index (χ3n) is 7.36. The van der Waals surface area contributed by atoms with Crippen LogP contribution in [0.15, 0.2) is 118 Å². The number of carboxylic acid groups (broad SMARTS) is 1. The molecular weight excluding hydrogens is 607 g/mol. The van der Waals surface area contributed by atoms with Crippen LogP contribution in [0, 0.1) is 5.82 Å². The molecule has 0 fully saturated rings. The Kier molecular flexibility index (Phi) is 8.71. The first-order chi connectivity index (χ1) is 22.3. The van der Waals surface area contributed by atoms with Crippen LogP contribution in [-0.2, 0) is 16.1 Å². The Morgan fingerprint density at radius 3 is 2.35 bits per heavy atom. The highest BCUT2D eigenvalue weighted by molar-refractivity contribution is 7.07. The van der Waals surface area contributed by atoms with Gasteiger partial charge in [-0.15, -0.1) is 0 Å². The van der Waals surface area contributed by atoms with E-state index >= 15 is 0 Å². The van der Waals surface area contributed by atoms with Crippen LogP contribution >= 0.6 is 11.3 Å². The van der Waals surface area contributed by atoms with Crippen LogP contribution in [0.25, 0.3) is 11.8 Å². The van der Waals surface area contributed by atoms with E-state index in [4.69, 9.17) is 19.6 Å². The number of carbonyl (C=O) groups excluding carboxylic acids is 1. The lowest BCUT2D eigenvalue weighted by Gasteiger charge is -2.25. The predicted octanol–water partition coefficient (Wildman–Crippen LogP) is 5.35. The predicted molar refractivity (Wildman–Crippen MR) is 172 cm³/mol. The van der Waals surface area contributed by atoms with E-state index in [1.54, 1.807) is 43.3 Å². The van der Waals surface area contributed by atoms with Crippen molar-refractivity contribution in [3.63, 3.8) is 0 Å². The van der Waals surface area contributed by atoms with Crippen LogP contribution in [0.5, 0.6) is 5.75 Å². The van der Waals surface area contributed by atoms with Crippen molar-refractivity contribution in [3.8, 4) is 5.75 Å². The van der Waals surface area contributed by atoms with Crippen molar-refractivity contribution >= 4 is 35.0 Å². The van der Waals surface area contributed by atoms with Crippen molar-refractivity contribution in [2.75, 3.05) is 6.61 Å². The molecule has 5 aromatic rings. The van der Waals surface area contributed by atoms with Crippen LogP contribution in [0.4, 0.5) is 4.39 Å². The molecular formula is C36H27FN2O6S. The van der Waals surface area contributed by atoms with E-state index in [2.05, 4.69) is 0 Å². The summed E-state index contributed by atoms with van der Waals surface area (Å²) in [6, 6.07) is 27.6. The molecule has 0 unspecified atom stereocenters. The number of carboxylic acids is 1. The summed E-state index contributed by atoms with van der Waals surface area (Å²) in [7, 11) is 0. The van der Waals surface area contributed by atoms with E-state index in [1.807, 2.05) is 48.5 Å². The molecule has 0 amide bonds. The zero-order chi connectivity index (χ0) is 32.2. The first-order valence-electron chi connectivity index (χ1n) is 14.4. The van der Waals surface area contributed by atoms with Gasteiger partial charge in [-0.25, -0.2) is 19.0 Å². The van der Waals surface area contributed by atoms with E-state index in [0.717, 1.165) is 5.56 Å². The minimum Gasteiger partial charge on any atom is -0.488 e. The number of thiazole rings is 1. The summed E-state index contributed by atoms with van der Waals surface area (Å²) in [5.41, 5.74) is 2.96. The third kappa shape index (κ3) is 6.15. The van der Waals surface area contributed by atoms with Crippen LogP contribution in [-0.4, -0.2) is 28.2 Å². The van der Waals surface area contributed by atoms with Gasteiger partial charge in [0, 0.05) is 11.1 Å². The number of hydrogen-bond acceptors (Lipinski definition) is 7. The number of fused-ring (bicyclic) bond motifs is 1. The van der Waals surface area contributed by atoms with Gasteiger partial charge in [0.15, 0.2) is 4.80 Å². The van der Waals surface area contributed by atoms with Crippen molar-refractivity contribution in [2.24, 2.45) is 4.99 Å². The molecule has 46 heavy (non-hydrogen) atoms. The van der Waals surface area contributed by atoms with Gasteiger partial charge < -0.3 is 14.6 Å². The van der Waals surface area contributed by atoms with Crippen molar-refractivity contribution in [1.29, 1.82) is 0 Å². The minimum absolute atomic E-state index is 0.117. The molecule has 1 aromatic heterocycles. The first-order valence-corrected chi connectivity index (χ1v) is 15.2. The summed E-state index contributed by atoms with van der Waals surface area (Å²) in [5, 5.41) is 9.16. The normalized spacial score (nSPS) is 14.4. The maximum atomic E-state index is 14.2. The number of halogens is 1. The number of para-hydroxylation sites is 1. The van der Waals surface area contributed by atoms with Gasteiger partial charge in [0.25, 0.3) is 5.56 Å². The highest BCUT2D eigenvalue weighted by Gasteiger charge is 2.35. The molecule has 230 valence electrons. The van der Waals surface area contributed by atoms with Gasteiger partial charge in [-0.3, -0.25) is 9.36 Å². The number of esters is 1. The second-order valence-corrected chi connectivity index (χ2v) is 11.3. The SMILES string of the molecule is CCOC(=O)C1=C(c2ccccc2)N=c2s/c(=C\c3ccccc3OCc3ccc(C(=O)O)cc3)c(=O)n2[C@@H]1c1ccc(F)cc1. The molecule has 1 aliphatic rings. The van der Waals surface area contributed by atoms with Crippen LogP contribution in [0.2, 0.25) is 0 Å². The average Bonchev–Trinajstić information content (AvgIpc) is 3.38. The van der Waals surface area contributed by atoms with Crippen LogP contribution < -0.4 is 19.6 Å². The summed E-state index contributed by atoms with van der Waals surface area (Å²) in [4.78, 5) is 44.1. The number of aromatic nitrogens is 1. The Labute approximate surface area is 266 Å². The molecule has 2 heterocycles. The van der Waals surface area contributed by atoms with E-state index < -0.39 is 23.8 Å². The fraction of sp³-hybridized carbons (Fsp3) is 0.111. The molecule has 4 aromatic carbocycles. The van der Waals surface area contributed by atoms with Gasteiger partial charge in [-0.1, -0.05) is 84.1 Å². The topological polar surface area (TPSA) is 107 Å². The Hall–Kier alpha value is -5.61. The van der Waals surface area contributed by atoms with Gasteiger partial charge in [0.1, 0.15) is 18.2 Å². The molecule has 8 nitrogen and oxygen atoms in total. The smallest absolute Gasteiger partial charge is 0.338 e. The number of nitrogens with zero attached hydrogens (tertiary/aromatic N) is 2. The first kappa shape index (κ1) is 30.4. The van der Waals surface area contributed by atoms with Crippen LogP contribution in [0.1, 0.15) is 45.6 Å². The van der Waals surface area contributed by atoms with Gasteiger partial charge in [-0.05, 0) is 54.5 Å². The minimum atomic E-state index is -1.01.